The van der Waals surface area contributed by atoms with Gasteiger partial charge in [-0.1, -0.05) is 40.0 Å². The Morgan fingerprint density at radius 1 is 0.792 bits per heavy atom. The summed E-state index contributed by atoms with van der Waals surface area (Å²) in [6.45, 7) is 4.99. The fourth-order valence-corrected chi connectivity index (χ4v) is 3.74. The van der Waals surface area contributed by atoms with E-state index in [4.69, 9.17) is 5.11 Å². The third kappa shape index (κ3) is 3.70. The number of carboxylic acid groups (broad SMARTS) is 3. The van der Waals surface area contributed by atoms with Crippen LogP contribution >= 0.6 is 0 Å². The second-order valence-corrected chi connectivity index (χ2v) is 6.14. The minimum absolute atomic E-state index is 0.0497. The first-order valence-corrected chi connectivity index (χ1v) is 8.14. The monoisotopic (exact) mass is 348 g/mol. The Labute approximate surface area is 141 Å². The predicted octanol–water partition coefficient (Wildman–Crippen LogP) is 1.34. The SMILES string of the molecule is CCCC(CCC)(C(=O)O)C(CCC)(C(=O)O)C(O)C(O)C(=O)O. The normalized spacial score (nSPS) is 16.9. The molecule has 3 atom stereocenters. The number of rotatable bonds is 12. The third-order valence-electron chi connectivity index (χ3n) is 4.70. The lowest BCUT2D eigenvalue weighted by Crippen LogP contribution is -2.62. The lowest BCUT2D eigenvalue weighted by Gasteiger charge is -2.48. The number of aliphatic carboxylic acids is 3. The van der Waals surface area contributed by atoms with Gasteiger partial charge < -0.3 is 25.5 Å². The molecule has 8 nitrogen and oxygen atoms in total. The van der Waals surface area contributed by atoms with E-state index in [2.05, 4.69) is 0 Å². The quantitative estimate of drug-likeness (QED) is 0.354. The summed E-state index contributed by atoms with van der Waals surface area (Å²) in [6, 6.07) is 0. The van der Waals surface area contributed by atoms with E-state index in [1.165, 1.54) is 0 Å². The van der Waals surface area contributed by atoms with Crippen LogP contribution in [-0.2, 0) is 14.4 Å². The zero-order chi connectivity index (χ0) is 19.1. The van der Waals surface area contributed by atoms with Gasteiger partial charge in [-0.2, -0.15) is 0 Å². The van der Waals surface area contributed by atoms with Crippen LogP contribution in [0, 0.1) is 10.8 Å². The molecule has 0 aromatic heterocycles. The molecule has 0 aromatic carbocycles. The summed E-state index contributed by atoms with van der Waals surface area (Å²) in [6.07, 6.45) is -4.13. The van der Waals surface area contributed by atoms with E-state index in [9.17, 15) is 34.8 Å². The first-order chi connectivity index (χ1) is 11.1. The Bertz CT molecular complexity index is 455. The molecule has 0 radical (unpaired) electrons. The van der Waals surface area contributed by atoms with Crippen LogP contribution in [-0.4, -0.2) is 55.6 Å². The highest BCUT2D eigenvalue weighted by Crippen LogP contribution is 2.53. The van der Waals surface area contributed by atoms with Crippen molar-refractivity contribution in [2.24, 2.45) is 10.8 Å². The number of aliphatic hydroxyl groups excluding tert-OH is 2. The van der Waals surface area contributed by atoms with E-state index >= 15 is 0 Å². The average molecular weight is 348 g/mol. The smallest absolute Gasteiger partial charge is 0.335 e. The largest absolute Gasteiger partial charge is 0.481 e. The van der Waals surface area contributed by atoms with Crippen molar-refractivity contribution in [3.63, 3.8) is 0 Å². The summed E-state index contributed by atoms with van der Waals surface area (Å²) >= 11 is 0. The lowest BCUT2D eigenvalue weighted by molar-refractivity contribution is -0.203. The number of carboxylic acids is 3. The van der Waals surface area contributed by atoms with Crippen molar-refractivity contribution in [1.29, 1.82) is 0 Å². The van der Waals surface area contributed by atoms with Crippen LogP contribution in [0.4, 0.5) is 0 Å². The summed E-state index contributed by atoms with van der Waals surface area (Å²) in [5.41, 5.74) is -4.19. The number of carbonyl (C=O) groups is 3. The van der Waals surface area contributed by atoms with Crippen molar-refractivity contribution in [2.45, 2.75) is 71.5 Å². The van der Waals surface area contributed by atoms with Crippen molar-refractivity contribution in [1.82, 2.24) is 0 Å². The zero-order valence-corrected chi connectivity index (χ0v) is 14.4. The highest BCUT2D eigenvalue weighted by atomic mass is 16.4. The van der Waals surface area contributed by atoms with Gasteiger partial charge in [-0.05, 0) is 19.3 Å². The van der Waals surface area contributed by atoms with Crippen molar-refractivity contribution in [2.75, 3.05) is 0 Å². The predicted molar refractivity (Wildman–Crippen MR) is 84.5 cm³/mol. The molecule has 0 bridgehead atoms. The van der Waals surface area contributed by atoms with Gasteiger partial charge in [0.1, 0.15) is 11.5 Å². The minimum Gasteiger partial charge on any atom is -0.481 e. The molecule has 0 aliphatic rings. The van der Waals surface area contributed by atoms with Crippen molar-refractivity contribution in [3.05, 3.63) is 0 Å². The number of aliphatic hydroxyl groups is 2. The summed E-state index contributed by atoms with van der Waals surface area (Å²) in [7, 11) is 0. The molecular weight excluding hydrogens is 320 g/mol. The first kappa shape index (κ1) is 22.3. The highest BCUT2D eigenvalue weighted by molar-refractivity contribution is 5.88. The van der Waals surface area contributed by atoms with Crippen molar-refractivity contribution >= 4 is 17.9 Å². The molecule has 24 heavy (non-hydrogen) atoms. The molecule has 0 aliphatic carbocycles. The molecule has 0 saturated heterocycles. The Balaban J connectivity index is 6.65. The molecule has 140 valence electrons. The third-order valence-corrected chi connectivity index (χ3v) is 4.70. The summed E-state index contributed by atoms with van der Waals surface area (Å²) in [5, 5.41) is 49.0. The van der Waals surface area contributed by atoms with Gasteiger partial charge in [-0.3, -0.25) is 9.59 Å². The van der Waals surface area contributed by atoms with Gasteiger partial charge in [-0.25, -0.2) is 4.79 Å². The van der Waals surface area contributed by atoms with Crippen LogP contribution in [0.3, 0.4) is 0 Å². The standard InChI is InChI=1S/C16H28O8/c1-4-7-15(8-5-2,13(21)22)16(9-6-3,14(23)24)11(18)10(17)12(19)20/h10-11,17-18H,4-9H2,1-3H3,(H,19,20)(H,21,22)(H,23,24). The molecule has 0 heterocycles. The van der Waals surface area contributed by atoms with E-state index in [1.807, 2.05) is 0 Å². The first-order valence-electron chi connectivity index (χ1n) is 8.14. The van der Waals surface area contributed by atoms with Gasteiger partial charge in [-0.15, -0.1) is 0 Å². The average Bonchev–Trinajstić information content (AvgIpc) is 2.50. The number of hydrogen-bond acceptors (Lipinski definition) is 5. The van der Waals surface area contributed by atoms with Gasteiger partial charge in [0.2, 0.25) is 0 Å². The molecule has 0 aromatic rings. The van der Waals surface area contributed by atoms with Crippen LogP contribution in [0.2, 0.25) is 0 Å². The molecule has 0 amide bonds. The van der Waals surface area contributed by atoms with Crippen molar-refractivity contribution < 1.29 is 39.9 Å². The van der Waals surface area contributed by atoms with Gasteiger partial charge in [0.25, 0.3) is 0 Å². The Kier molecular flexibility index (Phi) is 8.36. The summed E-state index contributed by atoms with van der Waals surface area (Å²) < 4.78 is 0. The van der Waals surface area contributed by atoms with E-state index in [0.717, 1.165) is 0 Å². The molecule has 0 spiro atoms. The topological polar surface area (TPSA) is 152 Å². The van der Waals surface area contributed by atoms with E-state index in [1.54, 1.807) is 20.8 Å². The van der Waals surface area contributed by atoms with Gasteiger partial charge in [0, 0.05) is 0 Å². The zero-order valence-electron chi connectivity index (χ0n) is 14.4. The molecule has 0 rings (SSSR count). The Morgan fingerprint density at radius 3 is 1.46 bits per heavy atom. The fraction of sp³-hybridized carbons (Fsp3) is 0.812. The van der Waals surface area contributed by atoms with Crippen LogP contribution in [0.15, 0.2) is 0 Å². The molecular formula is C16H28O8. The van der Waals surface area contributed by atoms with Gasteiger partial charge in [0.15, 0.2) is 6.10 Å². The second-order valence-electron chi connectivity index (χ2n) is 6.14. The maximum absolute atomic E-state index is 12.2. The van der Waals surface area contributed by atoms with Crippen LogP contribution in [0.1, 0.15) is 59.3 Å². The maximum atomic E-state index is 12.2. The summed E-state index contributed by atoms with van der Waals surface area (Å²) in [4.78, 5) is 35.4. The van der Waals surface area contributed by atoms with Crippen LogP contribution < -0.4 is 0 Å². The van der Waals surface area contributed by atoms with Crippen LogP contribution in [0.25, 0.3) is 0 Å². The number of hydrogen-bond donors (Lipinski definition) is 5. The van der Waals surface area contributed by atoms with E-state index in [0.29, 0.717) is 12.8 Å². The second kappa shape index (κ2) is 8.98. The molecule has 8 heteroatoms. The summed E-state index contributed by atoms with van der Waals surface area (Å²) in [5.74, 6) is -4.81. The molecule has 3 unspecified atom stereocenters. The van der Waals surface area contributed by atoms with Crippen molar-refractivity contribution in [3.8, 4) is 0 Å². The van der Waals surface area contributed by atoms with Gasteiger partial charge >= 0.3 is 17.9 Å². The maximum Gasteiger partial charge on any atom is 0.335 e. The highest BCUT2D eigenvalue weighted by Gasteiger charge is 2.65. The Hall–Kier alpha value is -1.67. The van der Waals surface area contributed by atoms with E-state index < -0.39 is 40.9 Å². The molecule has 0 aliphatic heterocycles. The fourth-order valence-electron chi connectivity index (χ4n) is 3.74. The Morgan fingerprint density at radius 2 is 1.21 bits per heavy atom. The van der Waals surface area contributed by atoms with Crippen LogP contribution in [0.5, 0.6) is 0 Å². The van der Waals surface area contributed by atoms with E-state index in [-0.39, 0.29) is 25.7 Å². The van der Waals surface area contributed by atoms with Gasteiger partial charge in [0.05, 0.1) is 5.41 Å². The lowest BCUT2D eigenvalue weighted by atomic mass is 9.54. The molecule has 0 fully saturated rings. The molecule has 0 saturated carbocycles. The minimum atomic E-state index is -2.39. The molecule has 5 N–H and O–H groups in total.